The van der Waals surface area contributed by atoms with E-state index < -0.39 is 11.7 Å². The molecule has 1 aliphatic heterocycles. The number of nitrogens with zero attached hydrogens (tertiary/aromatic N) is 2. The van der Waals surface area contributed by atoms with E-state index in [9.17, 15) is 4.79 Å². The SMILES string of the molecule is COc1c(C(C)NC(=O)OC(C)(C)C)nn2c1OCCC2. The van der Waals surface area contributed by atoms with Gasteiger partial charge in [0.1, 0.15) is 11.3 Å². The number of aryl methyl sites for hydroxylation is 1. The van der Waals surface area contributed by atoms with Gasteiger partial charge in [-0.1, -0.05) is 0 Å². The van der Waals surface area contributed by atoms with Crippen LogP contribution in [0.15, 0.2) is 0 Å². The van der Waals surface area contributed by atoms with Crippen LogP contribution in [0.1, 0.15) is 45.9 Å². The highest BCUT2D eigenvalue weighted by molar-refractivity contribution is 5.68. The van der Waals surface area contributed by atoms with Crippen molar-refractivity contribution < 1.29 is 19.0 Å². The molecule has 1 N–H and O–H groups in total. The van der Waals surface area contributed by atoms with Crippen molar-refractivity contribution in [2.24, 2.45) is 0 Å². The smallest absolute Gasteiger partial charge is 0.408 e. The van der Waals surface area contributed by atoms with Crippen LogP contribution >= 0.6 is 0 Å². The first-order valence-corrected chi connectivity index (χ1v) is 7.09. The minimum Gasteiger partial charge on any atom is -0.490 e. The molecule has 0 fully saturated rings. The van der Waals surface area contributed by atoms with Crippen molar-refractivity contribution in [3.63, 3.8) is 0 Å². The molecule has 2 heterocycles. The molecule has 1 aromatic heterocycles. The number of amides is 1. The number of alkyl carbamates (subject to hydrolysis) is 1. The van der Waals surface area contributed by atoms with Gasteiger partial charge in [0.05, 0.1) is 19.8 Å². The fourth-order valence-electron chi connectivity index (χ4n) is 2.15. The lowest BCUT2D eigenvalue weighted by Gasteiger charge is -2.21. The quantitative estimate of drug-likeness (QED) is 0.926. The standard InChI is InChI=1S/C14H23N3O4/c1-9(15-13(18)21-14(2,3)4)10-11(19-5)12-17(16-10)7-6-8-20-12/h9H,6-8H2,1-5H3,(H,15,18). The molecule has 2 rings (SSSR count). The Morgan fingerprint density at radius 3 is 2.81 bits per heavy atom. The highest BCUT2D eigenvalue weighted by atomic mass is 16.6. The van der Waals surface area contributed by atoms with E-state index in [0.717, 1.165) is 13.0 Å². The molecule has 7 nitrogen and oxygen atoms in total. The van der Waals surface area contributed by atoms with Crippen molar-refractivity contribution in [3.05, 3.63) is 5.69 Å². The van der Waals surface area contributed by atoms with Crippen molar-refractivity contribution >= 4 is 6.09 Å². The highest BCUT2D eigenvalue weighted by Crippen LogP contribution is 2.36. The highest BCUT2D eigenvalue weighted by Gasteiger charge is 2.28. The fraction of sp³-hybridized carbons (Fsp3) is 0.714. The Morgan fingerprint density at radius 1 is 1.48 bits per heavy atom. The summed E-state index contributed by atoms with van der Waals surface area (Å²) in [6, 6.07) is -0.337. The van der Waals surface area contributed by atoms with Crippen LogP contribution in [0.5, 0.6) is 11.6 Å². The zero-order valence-electron chi connectivity index (χ0n) is 13.2. The molecule has 0 bridgehead atoms. The van der Waals surface area contributed by atoms with Gasteiger partial charge in [-0.05, 0) is 27.7 Å². The molecular weight excluding hydrogens is 274 g/mol. The van der Waals surface area contributed by atoms with E-state index in [1.165, 1.54) is 0 Å². The van der Waals surface area contributed by atoms with Gasteiger partial charge in [0.25, 0.3) is 5.88 Å². The van der Waals surface area contributed by atoms with Crippen LogP contribution in [0.3, 0.4) is 0 Å². The number of ether oxygens (including phenoxy) is 3. The number of hydrogen-bond donors (Lipinski definition) is 1. The van der Waals surface area contributed by atoms with Gasteiger partial charge in [0.2, 0.25) is 5.75 Å². The van der Waals surface area contributed by atoms with Gasteiger partial charge in [0, 0.05) is 13.0 Å². The van der Waals surface area contributed by atoms with Crippen LogP contribution in [0.25, 0.3) is 0 Å². The molecule has 0 saturated carbocycles. The Morgan fingerprint density at radius 2 is 2.19 bits per heavy atom. The molecule has 118 valence electrons. The van der Waals surface area contributed by atoms with E-state index >= 15 is 0 Å². The second-order valence-electron chi connectivity index (χ2n) is 6.02. The molecule has 1 aromatic rings. The van der Waals surface area contributed by atoms with Gasteiger partial charge in [0.15, 0.2) is 0 Å². The first-order valence-electron chi connectivity index (χ1n) is 7.09. The van der Waals surface area contributed by atoms with Gasteiger partial charge in [-0.15, -0.1) is 0 Å². The summed E-state index contributed by atoms with van der Waals surface area (Å²) in [6.45, 7) is 8.73. The molecule has 1 amide bonds. The zero-order chi connectivity index (χ0) is 15.6. The summed E-state index contributed by atoms with van der Waals surface area (Å²) < 4.78 is 18.0. The summed E-state index contributed by atoms with van der Waals surface area (Å²) in [5, 5.41) is 7.23. The van der Waals surface area contributed by atoms with E-state index in [1.54, 1.807) is 11.8 Å². The number of hydrogen-bond acceptors (Lipinski definition) is 5. The molecule has 1 aliphatic rings. The van der Waals surface area contributed by atoms with Gasteiger partial charge in [-0.2, -0.15) is 5.10 Å². The number of nitrogens with one attached hydrogen (secondary N) is 1. The second kappa shape index (κ2) is 5.83. The number of fused-ring (bicyclic) bond motifs is 1. The van der Waals surface area contributed by atoms with Crippen LogP contribution in [-0.4, -0.2) is 35.2 Å². The van der Waals surface area contributed by atoms with Crippen LogP contribution in [-0.2, 0) is 11.3 Å². The van der Waals surface area contributed by atoms with Crippen LogP contribution in [0, 0.1) is 0 Å². The molecule has 1 unspecified atom stereocenters. The summed E-state index contributed by atoms with van der Waals surface area (Å²) in [6.07, 6.45) is 0.425. The van der Waals surface area contributed by atoms with Gasteiger partial charge < -0.3 is 19.5 Å². The first kappa shape index (κ1) is 15.5. The monoisotopic (exact) mass is 297 g/mol. The maximum atomic E-state index is 11.8. The van der Waals surface area contributed by atoms with E-state index in [-0.39, 0.29) is 6.04 Å². The predicted molar refractivity (Wildman–Crippen MR) is 76.7 cm³/mol. The van der Waals surface area contributed by atoms with Crippen LogP contribution in [0.2, 0.25) is 0 Å². The Balaban J connectivity index is 2.14. The Labute approximate surface area is 124 Å². The third kappa shape index (κ3) is 3.59. The van der Waals surface area contributed by atoms with Gasteiger partial charge >= 0.3 is 6.09 Å². The lowest BCUT2D eigenvalue weighted by atomic mass is 10.2. The summed E-state index contributed by atoms with van der Waals surface area (Å²) >= 11 is 0. The van der Waals surface area contributed by atoms with Gasteiger partial charge in [-0.25, -0.2) is 9.48 Å². The minimum absolute atomic E-state index is 0.337. The summed E-state index contributed by atoms with van der Waals surface area (Å²) in [5.74, 6) is 1.19. The lowest BCUT2D eigenvalue weighted by Crippen LogP contribution is -2.34. The van der Waals surface area contributed by atoms with E-state index in [0.29, 0.717) is 23.9 Å². The van der Waals surface area contributed by atoms with Crippen molar-refractivity contribution in [2.45, 2.75) is 52.3 Å². The van der Waals surface area contributed by atoms with E-state index in [1.807, 2.05) is 27.7 Å². The first-order chi connectivity index (χ1) is 9.81. The van der Waals surface area contributed by atoms with Crippen molar-refractivity contribution in [2.75, 3.05) is 13.7 Å². The van der Waals surface area contributed by atoms with Crippen molar-refractivity contribution in [3.8, 4) is 11.6 Å². The fourth-order valence-corrected chi connectivity index (χ4v) is 2.15. The average molecular weight is 297 g/mol. The number of carbonyl (C=O) groups excluding carboxylic acids is 1. The molecule has 0 aromatic carbocycles. The van der Waals surface area contributed by atoms with E-state index in [2.05, 4.69) is 10.4 Å². The van der Waals surface area contributed by atoms with Gasteiger partial charge in [-0.3, -0.25) is 0 Å². The second-order valence-corrected chi connectivity index (χ2v) is 6.02. The van der Waals surface area contributed by atoms with Crippen LogP contribution in [0.4, 0.5) is 4.79 Å². The molecule has 1 atom stereocenters. The number of rotatable bonds is 3. The molecule has 0 aliphatic carbocycles. The predicted octanol–water partition coefficient (Wildman–Crippen LogP) is 2.26. The number of carbonyl (C=O) groups is 1. The average Bonchev–Trinajstić information content (AvgIpc) is 2.74. The Hall–Kier alpha value is -1.92. The molecule has 0 radical (unpaired) electrons. The maximum absolute atomic E-state index is 11.8. The number of methoxy groups -OCH3 is 1. The third-order valence-corrected chi connectivity index (χ3v) is 2.99. The molecule has 0 saturated heterocycles. The molecule has 21 heavy (non-hydrogen) atoms. The van der Waals surface area contributed by atoms with Crippen LogP contribution < -0.4 is 14.8 Å². The topological polar surface area (TPSA) is 74.6 Å². The molecule has 0 spiro atoms. The largest absolute Gasteiger partial charge is 0.490 e. The van der Waals surface area contributed by atoms with E-state index in [4.69, 9.17) is 14.2 Å². The summed E-state index contributed by atoms with van der Waals surface area (Å²) in [5.41, 5.74) is 0.102. The Kier molecular flexibility index (Phi) is 4.29. The van der Waals surface area contributed by atoms with Crippen molar-refractivity contribution in [1.29, 1.82) is 0 Å². The number of aromatic nitrogens is 2. The third-order valence-electron chi connectivity index (χ3n) is 2.99. The summed E-state index contributed by atoms with van der Waals surface area (Å²) in [7, 11) is 1.57. The summed E-state index contributed by atoms with van der Waals surface area (Å²) in [4.78, 5) is 11.8. The molecular formula is C14H23N3O4. The van der Waals surface area contributed by atoms with Crippen molar-refractivity contribution in [1.82, 2.24) is 15.1 Å². The maximum Gasteiger partial charge on any atom is 0.408 e. The molecule has 7 heteroatoms. The lowest BCUT2D eigenvalue weighted by molar-refractivity contribution is 0.0506. The normalized spacial score (nSPS) is 15.7. The minimum atomic E-state index is -0.537. The zero-order valence-corrected chi connectivity index (χ0v) is 13.2. The Bertz CT molecular complexity index is 519.